The molecular weight excluding hydrogens is 419 g/mol. The smallest absolute Gasteiger partial charge is 0.349 e. The molecular formula is C23H26F3N5O. The fourth-order valence-electron chi connectivity index (χ4n) is 3.93. The highest BCUT2D eigenvalue weighted by molar-refractivity contribution is 6.00. The number of aromatic nitrogens is 3. The highest BCUT2D eigenvalue weighted by atomic mass is 19.4. The molecule has 1 amide bonds. The van der Waals surface area contributed by atoms with E-state index in [4.69, 9.17) is 0 Å². The number of fused-ring (bicyclic) bond motifs is 1. The molecule has 1 saturated heterocycles. The van der Waals surface area contributed by atoms with E-state index in [0.29, 0.717) is 16.0 Å². The van der Waals surface area contributed by atoms with Crippen molar-refractivity contribution in [2.75, 3.05) is 20.1 Å². The van der Waals surface area contributed by atoms with Crippen LogP contribution in [0.2, 0.25) is 0 Å². The molecule has 6 nitrogen and oxygen atoms in total. The van der Waals surface area contributed by atoms with Gasteiger partial charge < -0.3 is 10.2 Å². The summed E-state index contributed by atoms with van der Waals surface area (Å²) in [6, 6.07) is 8.21. The molecule has 0 atom stereocenters. The number of nitrogens with zero attached hydrogens (tertiary/aromatic N) is 4. The molecule has 0 aliphatic carbocycles. The summed E-state index contributed by atoms with van der Waals surface area (Å²) >= 11 is 0. The number of hydrogen-bond donors (Lipinski definition) is 1. The number of amides is 1. The molecule has 2 aromatic heterocycles. The molecule has 1 fully saturated rings. The van der Waals surface area contributed by atoms with Crippen molar-refractivity contribution in [2.24, 2.45) is 0 Å². The first-order chi connectivity index (χ1) is 15.1. The first kappa shape index (κ1) is 22.3. The summed E-state index contributed by atoms with van der Waals surface area (Å²) in [5.41, 5.74) is 0.736. The quantitative estimate of drug-likeness (QED) is 0.648. The summed E-state index contributed by atoms with van der Waals surface area (Å²) in [5.74, 6) is -0.155. The molecule has 0 spiro atoms. The Bertz CT molecular complexity index is 1110. The Kier molecular flexibility index (Phi) is 5.94. The van der Waals surface area contributed by atoms with Crippen LogP contribution in [0.25, 0.3) is 16.9 Å². The zero-order valence-corrected chi connectivity index (χ0v) is 18.3. The first-order valence-electron chi connectivity index (χ1n) is 10.7. The number of carbonyl (C=O) groups is 1. The van der Waals surface area contributed by atoms with E-state index in [1.54, 1.807) is 12.1 Å². The zero-order valence-electron chi connectivity index (χ0n) is 18.3. The Morgan fingerprint density at radius 1 is 1.16 bits per heavy atom. The second-order valence-electron chi connectivity index (χ2n) is 8.65. The fourth-order valence-corrected chi connectivity index (χ4v) is 3.93. The zero-order chi connectivity index (χ0) is 23.0. The lowest BCUT2D eigenvalue weighted by molar-refractivity contribution is -0.142. The van der Waals surface area contributed by atoms with Gasteiger partial charge in [-0.05, 0) is 50.5 Å². The Morgan fingerprint density at radius 2 is 1.81 bits per heavy atom. The van der Waals surface area contributed by atoms with Crippen LogP contribution in [-0.2, 0) is 6.18 Å². The minimum Gasteiger partial charge on any atom is -0.349 e. The Labute approximate surface area is 184 Å². The Morgan fingerprint density at radius 3 is 2.41 bits per heavy atom. The Hall–Kier alpha value is -2.94. The van der Waals surface area contributed by atoms with Crippen LogP contribution in [0.5, 0.6) is 0 Å². The molecule has 3 heterocycles. The molecule has 0 radical (unpaired) electrons. The van der Waals surface area contributed by atoms with Gasteiger partial charge in [-0.2, -0.15) is 18.3 Å². The van der Waals surface area contributed by atoms with Gasteiger partial charge in [0.2, 0.25) is 0 Å². The second kappa shape index (κ2) is 8.54. The highest BCUT2D eigenvalue weighted by Gasteiger charge is 2.36. The van der Waals surface area contributed by atoms with E-state index in [1.807, 2.05) is 33.0 Å². The van der Waals surface area contributed by atoms with E-state index in [-0.39, 0.29) is 22.9 Å². The molecule has 0 unspecified atom stereocenters. The SMILES string of the molecule is CC(C)c1ccc(-c2cc(C(F)(F)F)n3ncc(C(=O)NC4CCN(C)CC4)c3n2)cc1. The lowest BCUT2D eigenvalue weighted by atomic mass is 10.0. The molecule has 9 heteroatoms. The van der Waals surface area contributed by atoms with E-state index < -0.39 is 17.8 Å². The molecule has 170 valence electrons. The van der Waals surface area contributed by atoms with Crippen LogP contribution in [0.4, 0.5) is 13.2 Å². The van der Waals surface area contributed by atoms with Gasteiger partial charge in [0, 0.05) is 11.6 Å². The summed E-state index contributed by atoms with van der Waals surface area (Å²) in [6.07, 6.45) is -1.92. The summed E-state index contributed by atoms with van der Waals surface area (Å²) in [4.78, 5) is 19.5. The lowest BCUT2D eigenvalue weighted by Crippen LogP contribution is -2.43. The monoisotopic (exact) mass is 445 g/mol. The van der Waals surface area contributed by atoms with Gasteiger partial charge in [0.15, 0.2) is 11.3 Å². The average molecular weight is 445 g/mol. The molecule has 1 aromatic carbocycles. The van der Waals surface area contributed by atoms with Gasteiger partial charge in [-0.3, -0.25) is 4.79 Å². The summed E-state index contributed by atoms with van der Waals surface area (Å²) in [5, 5.41) is 6.78. The van der Waals surface area contributed by atoms with E-state index in [1.165, 1.54) is 0 Å². The van der Waals surface area contributed by atoms with Crippen molar-refractivity contribution in [2.45, 2.75) is 44.8 Å². The second-order valence-corrected chi connectivity index (χ2v) is 8.65. The van der Waals surface area contributed by atoms with E-state index in [0.717, 1.165) is 43.8 Å². The molecule has 0 saturated carbocycles. The largest absolute Gasteiger partial charge is 0.433 e. The van der Waals surface area contributed by atoms with Crippen molar-refractivity contribution < 1.29 is 18.0 Å². The van der Waals surface area contributed by atoms with Crippen molar-refractivity contribution in [3.8, 4) is 11.3 Å². The minimum atomic E-state index is -4.65. The Balaban J connectivity index is 1.74. The van der Waals surface area contributed by atoms with Crippen molar-refractivity contribution in [3.05, 3.63) is 53.3 Å². The van der Waals surface area contributed by atoms with E-state index >= 15 is 0 Å². The third-order valence-corrected chi connectivity index (χ3v) is 5.93. The van der Waals surface area contributed by atoms with Crippen LogP contribution in [0, 0.1) is 0 Å². The molecule has 0 bridgehead atoms. The fraction of sp³-hybridized carbons (Fsp3) is 0.435. The van der Waals surface area contributed by atoms with Crippen LogP contribution in [0.15, 0.2) is 36.5 Å². The van der Waals surface area contributed by atoms with Crippen molar-refractivity contribution in [1.82, 2.24) is 24.8 Å². The number of benzene rings is 1. The molecule has 3 aromatic rings. The van der Waals surface area contributed by atoms with Crippen molar-refractivity contribution in [3.63, 3.8) is 0 Å². The van der Waals surface area contributed by atoms with Gasteiger partial charge in [-0.15, -0.1) is 0 Å². The number of carbonyl (C=O) groups excluding carboxylic acids is 1. The minimum absolute atomic E-state index is 0.0255. The van der Waals surface area contributed by atoms with Gasteiger partial charge in [0.05, 0.1) is 11.9 Å². The normalized spacial score (nSPS) is 16.1. The van der Waals surface area contributed by atoms with Gasteiger partial charge >= 0.3 is 6.18 Å². The number of rotatable bonds is 4. The number of piperidine rings is 1. The third-order valence-electron chi connectivity index (χ3n) is 5.93. The molecule has 1 aliphatic rings. The third kappa shape index (κ3) is 4.48. The summed E-state index contributed by atoms with van der Waals surface area (Å²) in [6.45, 7) is 5.80. The van der Waals surface area contributed by atoms with Crippen LogP contribution in [0.3, 0.4) is 0 Å². The first-order valence-corrected chi connectivity index (χ1v) is 10.7. The van der Waals surface area contributed by atoms with Crippen molar-refractivity contribution >= 4 is 11.6 Å². The number of nitrogens with one attached hydrogen (secondary N) is 1. The number of hydrogen-bond acceptors (Lipinski definition) is 4. The van der Waals surface area contributed by atoms with Crippen LogP contribution < -0.4 is 5.32 Å². The van der Waals surface area contributed by atoms with Gasteiger partial charge in [0.25, 0.3) is 5.91 Å². The van der Waals surface area contributed by atoms with Crippen molar-refractivity contribution in [1.29, 1.82) is 0 Å². The van der Waals surface area contributed by atoms with E-state index in [2.05, 4.69) is 20.3 Å². The highest BCUT2D eigenvalue weighted by Crippen LogP contribution is 2.33. The molecule has 1 N–H and O–H groups in total. The van der Waals surface area contributed by atoms with Gasteiger partial charge in [-0.1, -0.05) is 38.1 Å². The standard InChI is InChI=1S/C23H26F3N5O/c1-14(2)15-4-6-16(7-5-15)19-12-20(23(24,25)26)31-21(29-19)18(13-27-31)22(32)28-17-8-10-30(3)11-9-17/h4-7,12-14,17H,8-11H2,1-3H3,(H,28,32). The van der Waals surface area contributed by atoms with Crippen LogP contribution >= 0.6 is 0 Å². The maximum Gasteiger partial charge on any atom is 0.433 e. The number of likely N-dealkylation sites (tertiary alicyclic amines) is 1. The maximum absolute atomic E-state index is 13.8. The molecule has 1 aliphatic heterocycles. The topological polar surface area (TPSA) is 62.5 Å². The lowest BCUT2D eigenvalue weighted by Gasteiger charge is -2.29. The number of halogens is 3. The molecule has 32 heavy (non-hydrogen) atoms. The van der Waals surface area contributed by atoms with Gasteiger partial charge in [-0.25, -0.2) is 9.50 Å². The average Bonchev–Trinajstić information content (AvgIpc) is 3.18. The molecule has 4 rings (SSSR count). The van der Waals surface area contributed by atoms with Crippen LogP contribution in [-0.4, -0.2) is 51.6 Å². The maximum atomic E-state index is 13.8. The summed E-state index contributed by atoms with van der Waals surface area (Å²) < 4.78 is 42.1. The van der Waals surface area contributed by atoms with Crippen LogP contribution in [0.1, 0.15) is 54.2 Å². The summed E-state index contributed by atoms with van der Waals surface area (Å²) in [7, 11) is 2.01. The predicted octanol–water partition coefficient (Wildman–Crippen LogP) is 4.36. The van der Waals surface area contributed by atoms with E-state index in [9.17, 15) is 18.0 Å². The predicted molar refractivity (Wildman–Crippen MR) is 115 cm³/mol. The van der Waals surface area contributed by atoms with Gasteiger partial charge in [0.1, 0.15) is 5.56 Å². The number of alkyl halides is 3.